The number of nitrogens with zero attached hydrogens (tertiary/aromatic N) is 5. The predicted molar refractivity (Wildman–Crippen MR) is 119 cm³/mol. The zero-order valence-electron chi connectivity index (χ0n) is 17.5. The SMILES string of the molecule is COCCn1c(=O)c(C(=O)N2CCN(C(=O)c3ccccc3Cl)CC2)nc2cccnc21. The molecule has 1 aromatic carbocycles. The van der Waals surface area contributed by atoms with E-state index in [-0.39, 0.29) is 18.1 Å². The fraction of sp³-hybridized carbons (Fsp3) is 0.318. The number of hydrogen-bond donors (Lipinski definition) is 0. The third-order valence-corrected chi connectivity index (χ3v) is 5.71. The molecule has 0 radical (unpaired) electrons. The van der Waals surface area contributed by atoms with Crippen LogP contribution in [0.1, 0.15) is 20.8 Å². The molecule has 0 unspecified atom stereocenters. The number of carbonyl (C=O) groups excluding carboxylic acids is 2. The molecule has 0 aliphatic carbocycles. The molecular weight excluding hydrogens is 434 g/mol. The maximum absolute atomic E-state index is 13.2. The Labute approximate surface area is 189 Å². The largest absolute Gasteiger partial charge is 0.383 e. The molecule has 1 fully saturated rings. The number of carbonyl (C=O) groups is 2. The summed E-state index contributed by atoms with van der Waals surface area (Å²) in [5.41, 5.74) is 0.624. The standard InChI is InChI=1S/C22H22ClN5O4/c1-32-14-13-28-19-17(7-4-8-24-19)25-18(22(28)31)21(30)27-11-9-26(10-12-27)20(29)15-5-2-3-6-16(15)23/h2-8H,9-14H2,1H3. The second-order valence-electron chi connectivity index (χ2n) is 7.32. The van der Waals surface area contributed by atoms with E-state index < -0.39 is 11.5 Å². The van der Waals surface area contributed by atoms with Crippen LogP contribution in [-0.2, 0) is 11.3 Å². The molecule has 0 bridgehead atoms. The van der Waals surface area contributed by atoms with Crippen LogP contribution in [0.15, 0.2) is 47.4 Å². The second kappa shape index (κ2) is 9.46. The number of pyridine rings is 1. The van der Waals surface area contributed by atoms with Gasteiger partial charge in [-0.1, -0.05) is 23.7 Å². The number of hydrogen-bond acceptors (Lipinski definition) is 6. The van der Waals surface area contributed by atoms with E-state index >= 15 is 0 Å². The van der Waals surface area contributed by atoms with Gasteiger partial charge in [-0.2, -0.15) is 0 Å². The van der Waals surface area contributed by atoms with Crippen molar-refractivity contribution >= 4 is 34.6 Å². The molecule has 1 saturated heterocycles. The lowest BCUT2D eigenvalue weighted by Gasteiger charge is -2.34. The van der Waals surface area contributed by atoms with Gasteiger partial charge in [0.1, 0.15) is 5.52 Å². The van der Waals surface area contributed by atoms with Crippen LogP contribution < -0.4 is 5.56 Å². The molecule has 2 amide bonds. The summed E-state index contributed by atoms with van der Waals surface area (Å²) in [6.45, 7) is 1.81. The second-order valence-corrected chi connectivity index (χ2v) is 7.73. The van der Waals surface area contributed by atoms with Gasteiger partial charge in [-0.25, -0.2) is 9.97 Å². The van der Waals surface area contributed by atoms with Gasteiger partial charge in [-0.15, -0.1) is 0 Å². The molecule has 2 aromatic heterocycles. The molecule has 166 valence electrons. The zero-order chi connectivity index (χ0) is 22.7. The quantitative estimate of drug-likeness (QED) is 0.580. The van der Waals surface area contributed by atoms with Gasteiger partial charge in [-0.05, 0) is 24.3 Å². The lowest BCUT2D eigenvalue weighted by Crippen LogP contribution is -2.51. The number of amides is 2. The van der Waals surface area contributed by atoms with Crippen molar-refractivity contribution in [2.24, 2.45) is 0 Å². The van der Waals surface area contributed by atoms with Gasteiger partial charge >= 0.3 is 0 Å². The van der Waals surface area contributed by atoms with Crippen molar-refractivity contribution in [3.8, 4) is 0 Å². The van der Waals surface area contributed by atoms with E-state index in [0.29, 0.717) is 54.5 Å². The predicted octanol–water partition coefficient (Wildman–Crippen LogP) is 1.69. The van der Waals surface area contributed by atoms with Crippen molar-refractivity contribution in [3.05, 3.63) is 69.2 Å². The molecule has 0 N–H and O–H groups in total. The topological polar surface area (TPSA) is 97.6 Å². The third kappa shape index (κ3) is 4.21. The number of ether oxygens (including phenoxy) is 1. The van der Waals surface area contributed by atoms with Gasteiger partial charge in [0.2, 0.25) is 0 Å². The van der Waals surface area contributed by atoms with Crippen LogP contribution in [0.25, 0.3) is 11.2 Å². The van der Waals surface area contributed by atoms with Crippen LogP contribution in [0, 0.1) is 0 Å². The first-order valence-electron chi connectivity index (χ1n) is 10.2. The normalized spacial score (nSPS) is 14.1. The molecule has 0 saturated carbocycles. The molecule has 3 heterocycles. The Morgan fingerprint density at radius 2 is 1.72 bits per heavy atom. The minimum atomic E-state index is -0.507. The maximum Gasteiger partial charge on any atom is 0.283 e. The van der Waals surface area contributed by atoms with Crippen LogP contribution in [0.4, 0.5) is 0 Å². The van der Waals surface area contributed by atoms with Crippen LogP contribution >= 0.6 is 11.6 Å². The Morgan fingerprint density at radius 3 is 2.41 bits per heavy atom. The number of aromatic nitrogens is 3. The van der Waals surface area contributed by atoms with E-state index in [4.69, 9.17) is 16.3 Å². The van der Waals surface area contributed by atoms with E-state index in [0.717, 1.165) is 0 Å². The minimum Gasteiger partial charge on any atom is -0.383 e. The van der Waals surface area contributed by atoms with E-state index in [1.54, 1.807) is 52.4 Å². The highest BCUT2D eigenvalue weighted by atomic mass is 35.5. The number of piperazine rings is 1. The minimum absolute atomic E-state index is 0.160. The summed E-state index contributed by atoms with van der Waals surface area (Å²) in [6, 6.07) is 10.3. The van der Waals surface area contributed by atoms with Gasteiger partial charge < -0.3 is 14.5 Å². The lowest BCUT2D eigenvalue weighted by molar-refractivity contribution is 0.0531. The Kier molecular flexibility index (Phi) is 6.48. The lowest BCUT2D eigenvalue weighted by atomic mass is 10.1. The van der Waals surface area contributed by atoms with Crippen LogP contribution in [0.5, 0.6) is 0 Å². The monoisotopic (exact) mass is 455 g/mol. The Balaban J connectivity index is 1.54. The van der Waals surface area contributed by atoms with Gasteiger partial charge in [0.25, 0.3) is 17.4 Å². The summed E-state index contributed by atoms with van der Waals surface area (Å²) < 4.78 is 6.51. The Bertz CT molecular complexity index is 1220. The maximum atomic E-state index is 13.2. The smallest absolute Gasteiger partial charge is 0.283 e. The van der Waals surface area contributed by atoms with E-state index in [2.05, 4.69) is 9.97 Å². The number of benzene rings is 1. The highest BCUT2D eigenvalue weighted by molar-refractivity contribution is 6.33. The third-order valence-electron chi connectivity index (χ3n) is 5.38. The van der Waals surface area contributed by atoms with Crippen LogP contribution in [-0.4, -0.2) is 76.0 Å². The first-order valence-corrected chi connectivity index (χ1v) is 10.6. The van der Waals surface area contributed by atoms with Crippen molar-refractivity contribution < 1.29 is 14.3 Å². The summed E-state index contributed by atoms with van der Waals surface area (Å²) in [4.78, 5) is 50.7. The zero-order valence-corrected chi connectivity index (χ0v) is 18.3. The molecule has 3 aromatic rings. The van der Waals surface area contributed by atoms with Crippen molar-refractivity contribution in [2.75, 3.05) is 39.9 Å². The fourth-order valence-electron chi connectivity index (χ4n) is 3.67. The molecule has 0 spiro atoms. The Hall–Kier alpha value is -3.30. The van der Waals surface area contributed by atoms with Crippen LogP contribution in [0.2, 0.25) is 5.02 Å². The first-order chi connectivity index (χ1) is 15.5. The van der Waals surface area contributed by atoms with Gasteiger partial charge in [0.15, 0.2) is 11.3 Å². The molecule has 1 aliphatic rings. The van der Waals surface area contributed by atoms with Gasteiger partial charge in [0.05, 0.1) is 23.7 Å². The number of rotatable bonds is 5. The number of fused-ring (bicyclic) bond motifs is 1. The molecule has 1 aliphatic heterocycles. The van der Waals surface area contributed by atoms with Crippen molar-refractivity contribution in [1.29, 1.82) is 0 Å². The van der Waals surface area contributed by atoms with Gasteiger partial charge in [0, 0.05) is 39.5 Å². The van der Waals surface area contributed by atoms with E-state index in [1.807, 2.05) is 0 Å². The van der Waals surface area contributed by atoms with Crippen molar-refractivity contribution in [3.63, 3.8) is 0 Å². The molecule has 9 nitrogen and oxygen atoms in total. The van der Waals surface area contributed by atoms with Crippen molar-refractivity contribution in [1.82, 2.24) is 24.3 Å². The molecule has 0 atom stereocenters. The highest BCUT2D eigenvalue weighted by Gasteiger charge is 2.29. The highest BCUT2D eigenvalue weighted by Crippen LogP contribution is 2.18. The average Bonchev–Trinajstić information content (AvgIpc) is 2.83. The molecule has 32 heavy (non-hydrogen) atoms. The average molecular weight is 456 g/mol. The summed E-state index contributed by atoms with van der Waals surface area (Å²) in [5.74, 6) is -0.642. The van der Waals surface area contributed by atoms with E-state index in [9.17, 15) is 14.4 Å². The summed E-state index contributed by atoms with van der Waals surface area (Å²) >= 11 is 6.14. The van der Waals surface area contributed by atoms with E-state index in [1.165, 1.54) is 11.7 Å². The first kappa shape index (κ1) is 21.9. The van der Waals surface area contributed by atoms with Crippen LogP contribution in [0.3, 0.4) is 0 Å². The van der Waals surface area contributed by atoms with Crippen molar-refractivity contribution in [2.45, 2.75) is 6.54 Å². The summed E-state index contributed by atoms with van der Waals surface area (Å²) in [6.07, 6.45) is 1.57. The number of halogens is 1. The summed E-state index contributed by atoms with van der Waals surface area (Å²) in [5, 5.41) is 0.390. The molecular formula is C22H22ClN5O4. The van der Waals surface area contributed by atoms with Gasteiger partial charge in [-0.3, -0.25) is 19.0 Å². The Morgan fingerprint density at radius 1 is 1.03 bits per heavy atom. The summed E-state index contributed by atoms with van der Waals surface area (Å²) in [7, 11) is 1.54. The number of methoxy groups -OCH3 is 1. The fourth-order valence-corrected chi connectivity index (χ4v) is 3.89. The molecule has 10 heteroatoms. The molecule has 4 rings (SSSR count).